The average Bonchev–Trinajstić information content (AvgIpc) is 2.75. The van der Waals surface area contributed by atoms with E-state index in [9.17, 15) is 4.79 Å². The second-order valence-corrected chi connectivity index (χ2v) is 6.87. The highest BCUT2D eigenvalue weighted by atomic mass is 16.6. The van der Waals surface area contributed by atoms with E-state index in [0.717, 1.165) is 29.0 Å². The van der Waals surface area contributed by atoms with Crippen LogP contribution in [0.15, 0.2) is 29.1 Å². The first-order chi connectivity index (χ1) is 14.7. The first-order valence-corrected chi connectivity index (χ1v) is 10.3. The number of benzene rings is 1. The van der Waals surface area contributed by atoms with Gasteiger partial charge in [-0.05, 0) is 44.0 Å². The number of nitrogens with zero attached hydrogens (tertiary/aromatic N) is 2. The number of methoxy groups -OCH3 is 1. The van der Waals surface area contributed by atoms with Gasteiger partial charge in [-0.25, -0.2) is 4.79 Å². The SMILES string of the molecule is CCOCCOc1ccc2c(c1)CCn1c-2cc(OC[C@H](COC)OCC)nc1=O. The summed E-state index contributed by atoms with van der Waals surface area (Å²) in [5.41, 5.74) is 2.60. The monoisotopic (exact) mass is 418 g/mol. The first-order valence-electron chi connectivity index (χ1n) is 10.3. The number of ether oxygens (including phenoxy) is 5. The number of hydrogen-bond donors (Lipinski definition) is 0. The van der Waals surface area contributed by atoms with Gasteiger partial charge < -0.3 is 23.7 Å². The van der Waals surface area contributed by atoms with Crippen molar-refractivity contribution in [1.82, 2.24) is 9.55 Å². The Morgan fingerprint density at radius 3 is 2.73 bits per heavy atom. The Kier molecular flexibility index (Phi) is 8.24. The maximum atomic E-state index is 12.5. The molecule has 30 heavy (non-hydrogen) atoms. The second kappa shape index (κ2) is 11.1. The van der Waals surface area contributed by atoms with Gasteiger partial charge >= 0.3 is 5.69 Å². The fraction of sp³-hybridized carbons (Fsp3) is 0.545. The third-order valence-corrected chi connectivity index (χ3v) is 4.82. The topological polar surface area (TPSA) is 81.0 Å². The Bertz CT molecular complexity index is 876. The van der Waals surface area contributed by atoms with Crippen molar-refractivity contribution >= 4 is 0 Å². The van der Waals surface area contributed by atoms with Crippen molar-refractivity contribution < 1.29 is 23.7 Å². The molecule has 0 aliphatic carbocycles. The van der Waals surface area contributed by atoms with Gasteiger partial charge in [0, 0.05) is 38.5 Å². The molecule has 0 radical (unpaired) electrons. The second-order valence-electron chi connectivity index (χ2n) is 6.87. The minimum atomic E-state index is -0.315. The van der Waals surface area contributed by atoms with E-state index in [0.29, 0.717) is 39.6 Å². The van der Waals surface area contributed by atoms with Crippen LogP contribution in [0.3, 0.4) is 0 Å². The third kappa shape index (κ3) is 5.59. The van der Waals surface area contributed by atoms with Crippen molar-refractivity contribution in [2.24, 2.45) is 0 Å². The van der Waals surface area contributed by atoms with Crippen LogP contribution in [-0.2, 0) is 27.2 Å². The Labute approximate surface area is 176 Å². The summed E-state index contributed by atoms with van der Waals surface area (Å²) >= 11 is 0. The molecule has 2 aromatic rings. The molecule has 1 aliphatic rings. The summed E-state index contributed by atoms with van der Waals surface area (Å²) in [6.45, 7) is 7.41. The van der Waals surface area contributed by atoms with Crippen LogP contribution in [0.2, 0.25) is 0 Å². The number of aromatic nitrogens is 2. The van der Waals surface area contributed by atoms with Crippen molar-refractivity contribution in [3.63, 3.8) is 0 Å². The summed E-state index contributed by atoms with van der Waals surface area (Å²) in [6.07, 6.45) is 0.525. The summed E-state index contributed by atoms with van der Waals surface area (Å²) in [5.74, 6) is 1.09. The molecule has 1 aliphatic heterocycles. The van der Waals surface area contributed by atoms with Gasteiger partial charge in [0.15, 0.2) is 0 Å². The summed E-state index contributed by atoms with van der Waals surface area (Å²) in [6, 6.07) is 7.73. The van der Waals surface area contributed by atoms with Crippen LogP contribution in [0.1, 0.15) is 19.4 Å². The van der Waals surface area contributed by atoms with Crippen LogP contribution in [0.5, 0.6) is 11.6 Å². The lowest BCUT2D eigenvalue weighted by Gasteiger charge is -2.23. The predicted octanol–water partition coefficient (Wildman–Crippen LogP) is 2.31. The summed E-state index contributed by atoms with van der Waals surface area (Å²) in [7, 11) is 1.61. The van der Waals surface area contributed by atoms with E-state index >= 15 is 0 Å². The molecule has 1 atom stereocenters. The maximum Gasteiger partial charge on any atom is 0.351 e. The van der Waals surface area contributed by atoms with Crippen molar-refractivity contribution in [2.75, 3.05) is 46.8 Å². The largest absolute Gasteiger partial charge is 0.491 e. The van der Waals surface area contributed by atoms with E-state index < -0.39 is 0 Å². The molecule has 8 heteroatoms. The number of aryl methyl sites for hydroxylation is 1. The molecule has 8 nitrogen and oxygen atoms in total. The molecule has 1 aromatic carbocycles. The van der Waals surface area contributed by atoms with Gasteiger partial charge in [0.25, 0.3) is 0 Å². The Balaban J connectivity index is 1.77. The van der Waals surface area contributed by atoms with E-state index in [4.69, 9.17) is 23.7 Å². The zero-order chi connectivity index (χ0) is 21.3. The Morgan fingerprint density at radius 2 is 1.97 bits per heavy atom. The van der Waals surface area contributed by atoms with Crippen LogP contribution in [-0.4, -0.2) is 62.4 Å². The van der Waals surface area contributed by atoms with Gasteiger partial charge in [-0.2, -0.15) is 4.98 Å². The number of fused-ring (bicyclic) bond motifs is 3. The van der Waals surface area contributed by atoms with Gasteiger partial charge in [0.05, 0.1) is 18.9 Å². The van der Waals surface area contributed by atoms with Crippen LogP contribution in [0.4, 0.5) is 0 Å². The molecule has 0 fully saturated rings. The molecule has 0 saturated heterocycles. The van der Waals surface area contributed by atoms with E-state index in [-0.39, 0.29) is 24.3 Å². The fourth-order valence-corrected chi connectivity index (χ4v) is 3.45. The molecule has 1 aromatic heterocycles. The van der Waals surface area contributed by atoms with Crippen LogP contribution in [0.25, 0.3) is 11.3 Å². The molecule has 0 saturated carbocycles. The standard InChI is InChI=1S/C22H30N2O6/c1-4-27-10-11-29-17-6-7-19-16(12-17)8-9-24-20(19)13-21(23-22(24)25)30-15-18(14-26-3)28-5-2/h6-7,12-13,18H,4-5,8-11,14-15H2,1-3H3/t18-/m0/s1. The highest BCUT2D eigenvalue weighted by Crippen LogP contribution is 2.32. The molecule has 0 N–H and O–H groups in total. The zero-order valence-electron chi connectivity index (χ0n) is 17.9. The quantitative estimate of drug-likeness (QED) is 0.489. The van der Waals surface area contributed by atoms with Gasteiger partial charge in [-0.3, -0.25) is 4.57 Å². The summed E-state index contributed by atoms with van der Waals surface area (Å²) in [4.78, 5) is 16.6. The van der Waals surface area contributed by atoms with E-state index in [1.807, 2.05) is 38.1 Å². The number of rotatable bonds is 12. The molecule has 0 spiro atoms. The fourth-order valence-electron chi connectivity index (χ4n) is 3.45. The highest BCUT2D eigenvalue weighted by molar-refractivity contribution is 5.67. The molecule has 0 amide bonds. The Hall–Kier alpha value is -2.42. The molecule has 2 heterocycles. The van der Waals surface area contributed by atoms with E-state index in [2.05, 4.69) is 4.98 Å². The molecule has 164 valence electrons. The normalized spacial score (nSPS) is 13.4. The van der Waals surface area contributed by atoms with Gasteiger partial charge in [-0.15, -0.1) is 0 Å². The van der Waals surface area contributed by atoms with Crippen molar-refractivity contribution in [1.29, 1.82) is 0 Å². The van der Waals surface area contributed by atoms with E-state index in [1.54, 1.807) is 11.7 Å². The first kappa shape index (κ1) is 22.3. The van der Waals surface area contributed by atoms with Gasteiger partial charge in [-0.1, -0.05) is 0 Å². The molecular weight excluding hydrogens is 388 g/mol. The van der Waals surface area contributed by atoms with Crippen molar-refractivity contribution in [3.8, 4) is 22.9 Å². The van der Waals surface area contributed by atoms with Gasteiger partial charge in [0.2, 0.25) is 5.88 Å². The lowest BCUT2D eigenvalue weighted by molar-refractivity contribution is -0.0211. The molecule has 3 rings (SSSR count). The van der Waals surface area contributed by atoms with Crippen molar-refractivity contribution in [2.45, 2.75) is 32.9 Å². The van der Waals surface area contributed by atoms with Crippen molar-refractivity contribution in [3.05, 3.63) is 40.3 Å². The van der Waals surface area contributed by atoms with E-state index in [1.165, 1.54) is 0 Å². The Morgan fingerprint density at radius 1 is 1.10 bits per heavy atom. The average molecular weight is 418 g/mol. The van der Waals surface area contributed by atoms with Crippen LogP contribution >= 0.6 is 0 Å². The number of hydrogen-bond acceptors (Lipinski definition) is 7. The zero-order valence-corrected chi connectivity index (χ0v) is 17.9. The third-order valence-electron chi connectivity index (χ3n) is 4.82. The lowest BCUT2D eigenvalue weighted by Crippen LogP contribution is -2.30. The molecule has 0 bridgehead atoms. The van der Waals surface area contributed by atoms with Gasteiger partial charge in [0.1, 0.15) is 25.1 Å². The molecular formula is C22H30N2O6. The predicted molar refractivity (Wildman–Crippen MR) is 112 cm³/mol. The van der Waals surface area contributed by atoms with Crippen LogP contribution in [0, 0.1) is 0 Å². The highest BCUT2D eigenvalue weighted by Gasteiger charge is 2.20. The summed E-state index contributed by atoms with van der Waals surface area (Å²) < 4.78 is 29.2. The summed E-state index contributed by atoms with van der Waals surface area (Å²) in [5, 5.41) is 0. The smallest absolute Gasteiger partial charge is 0.351 e. The lowest BCUT2D eigenvalue weighted by atomic mass is 9.97. The minimum Gasteiger partial charge on any atom is -0.491 e. The maximum absolute atomic E-state index is 12.5. The van der Waals surface area contributed by atoms with Crippen LogP contribution < -0.4 is 15.2 Å². The minimum absolute atomic E-state index is 0.218. The molecule has 0 unspecified atom stereocenters.